The van der Waals surface area contributed by atoms with Crippen LogP contribution in [0.25, 0.3) is 0 Å². The van der Waals surface area contributed by atoms with Gasteiger partial charge in [-0.05, 0) is 48.9 Å². The van der Waals surface area contributed by atoms with E-state index in [0.717, 1.165) is 11.3 Å². The predicted molar refractivity (Wildman–Crippen MR) is 93.6 cm³/mol. The smallest absolute Gasteiger partial charge is 0.243 e. The highest BCUT2D eigenvalue weighted by Gasteiger charge is 2.28. The molecule has 0 saturated carbocycles. The Hall–Kier alpha value is -1.63. The van der Waals surface area contributed by atoms with Crippen molar-refractivity contribution in [3.05, 3.63) is 58.9 Å². The summed E-state index contributed by atoms with van der Waals surface area (Å²) in [6.07, 6.45) is 0. The number of sulfonamides is 1. The number of halogens is 2. The van der Waals surface area contributed by atoms with Gasteiger partial charge in [0.2, 0.25) is 10.0 Å². The van der Waals surface area contributed by atoms with Crippen molar-refractivity contribution < 1.29 is 12.8 Å². The molecule has 0 unspecified atom stereocenters. The van der Waals surface area contributed by atoms with Crippen LogP contribution in [-0.2, 0) is 10.0 Å². The Morgan fingerprint density at radius 2 is 1.62 bits per heavy atom. The molecule has 4 nitrogen and oxygen atoms in total. The van der Waals surface area contributed by atoms with Crippen molar-refractivity contribution in [1.82, 2.24) is 4.31 Å². The van der Waals surface area contributed by atoms with Crippen LogP contribution in [0.5, 0.6) is 0 Å². The second kappa shape index (κ2) is 6.70. The monoisotopic (exact) mass is 368 g/mol. The van der Waals surface area contributed by atoms with Crippen LogP contribution in [0, 0.1) is 12.7 Å². The highest BCUT2D eigenvalue weighted by molar-refractivity contribution is 7.89. The van der Waals surface area contributed by atoms with Gasteiger partial charge in [0.15, 0.2) is 0 Å². The van der Waals surface area contributed by atoms with E-state index in [1.165, 1.54) is 22.5 Å². The minimum Gasteiger partial charge on any atom is -0.369 e. The molecule has 2 aromatic rings. The van der Waals surface area contributed by atoms with E-state index in [2.05, 4.69) is 0 Å². The van der Waals surface area contributed by atoms with Crippen molar-refractivity contribution in [2.75, 3.05) is 31.1 Å². The minimum atomic E-state index is -3.55. The molecule has 1 aliphatic rings. The van der Waals surface area contributed by atoms with Crippen LogP contribution in [-0.4, -0.2) is 38.9 Å². The Kier molecular flexibility index (Phi) is 4.80. The van der Waals surface area contributed by atoms with Gasteiger partial charge < -0.3 is 4.90 Å². The maximum absolute atomic E-state index is 13.0. The molecule has 0 radical (unpaired) electrons. The Labute approximate surface area is 146 Å². The topological polar surface area (TPSA) is 40.6 Å². The molecule has 7 heteroatoms. The van der Waals surface area contributed by atoms with Gasteiger partial charge in [0.1, 0.15) is 5.82 Å². The fourth-order valence-corrected chi connectivity index (χ4v) is 4.42. The van der Waals surface area contributed by atoms with E-state index in [4.69, 9.17) is 11.6 Å². The van der Waals surface area contributed by atoms with Crippen molar-refractivity contribution in [3.8, 4) is 0 Å². The second-order valence-electron chi connectivity index (χ2n) is 5.78. The second-order valence-corrected chi connectivity index (χ2v) is 8.12. The van der Waals surface area contributed by atoms with Crippen molar-refractivity contribution >= 4 is 27.3 Å². The minimum absolute atomic E-state index is 0.216. The molecule has 2 aromatic carbocycles. The first kappa shape index (κ1) is 17.2. The fourth-order valence-electron chi connectivity index (χ4n) is 2.72. The van der Waals surface area contributed by atoms with Gasteiger partial charge in [-0.15, -0.1) is 0 Å². The number of hydrogen-bond donors (Lipinski definition) is 0. The van der Waals surface area contributed by atoms with Gasteiger partial charge in [-0.1, -0.05) is 17.7 Å². The summed E-state index contributed by atoms with van der Waals surface area (Å²) in [6.45, 7) is 3.71. The summed E-state index contributed by atoms with van der Waals surface area (Å²) in [5.41, 5.74) is 1.74. The van der Waals surface area contributed by atoms with E-state index in [1.807, 2.05) is 11.8 Å². The molecule has 1 aliphatic heterocycles. The summed E-state index contributed by atoms with van der Waals surface area (Å²) in [5, 5.41) is 0.445. The van der Waals surface area contributed by atoms with Crippen LogP contribution in [0.4, 0.5) is 10.1 Å². The molecule has 0 N–H and O–H groups in total. The van der Waals surface area contributed by atoms with Gasteiger partial charge in [-0.25, -0.2) is 12.8 Å². The largest absolute Gasteiger partial charge is 0.369 e. The number of anilines is 1. The Balaban J connectivity index is 1.73. The number of nitrogens with zero attached hydrogens (tertiary/aromatic N) is 2. The number of rotatable bonds is 3. The lowest BCUT2D eigenvalue weighted by atomic mass is 10.2. The number of aryl methyl sites for hydroxylation is 1. The highest BCUT2D eigenvalue weighted by Crippen LogP contribution is 2.24. The molecule has 0 aliphatic carbocycles. The Morgan fingerprint density at radius 3 is 2.21 bits per heavy atom. The van der Waals surface area contributed by atoms with Crippen LogP contribution in [0.15, 0.2) is 47.4 Å². The molecule has 0 atom stereocenters. The first-order chi connectivity index (χ1) is 11.4. The zero-order valence-corrected chi connectivity index (χ0v) is 14.8. The average molecular weight is 369 g/mol. The van der Waals surface area contributed by atoms with E-state index >= 15 is 0 Å². The molecule has 24 heavy (non-hydrogen) atoms. The lowest BCUT2D eigenvalue weighted by Crippen LogP contribution is -2.48. The summed E-state index contributed by atoms with van der Waals surface area (Å²) in [7, 11) is -3.55. The number of hydrogen-bond acceptors (Lipinski definition) is 3. The van der Waals surface area contributed by atoms with E-state index in [0.29, 0.717) is 31.2 Å². The molecule has 1 fully saturated rings. The van der Waals surface area contributed by atoms with Crippen LogP contribution in [0.2, 0.25) is 5.02 Å². The van der Waals surface area contributed by atoms with Gasteiger partial charge in [0.25, 0.3) is 0 Å². The molecule has 1 saturated heterocycles. The maximum atomic E-state index is 13.0. The van der Waals surface area contributed by atoms with E-state index in [1.54, 1.807) is 24.3 Å². The molecular weight excluding hydrogens is 351 g/mol. The number of benzene rings is 2. The van der Waals surface area contributed by atoms with Gasteiger partial charge >= 0.3 is 0 Å². The van der Waals surface area contributed by atoms with Crippen LogP contribution in [0.1, 0.15) is 5.56 Å². The van der Waals surface area contributed by atoms with Gasteiger partial charge in [-0.3, -0.25) is 0 Å². The van der Waals surface area contributed by atoms with Crippen molar-refractivity contribution in [2.24, 2.45) is 0 Å². The molecule has 0 aromatic heterocycles. The quantitative estimate of drug-likeness (QED) is 0.834. The van der Waals surface area contributed by atoms with E-state index in [-0.39, 0.29) is 10.7 Å². The zero-order valence-electron chi connectivity index (χ0n) is 13.2. The van der Waals surface area contributed by atoms with Crippen LogP contribution < -0.4 is 4.90 Å². The molecule has 0 bridgehead atoms. The van der Waals surface area contributed by atoms with E-state index in [9.17, 15) is 12.8 Å². The van der Waals surface area contributed by atoms with Crippen molar-refractivity contribution in [2.45, 2.75) is 11.8 Å². The maximum Gasteiger partial charge on any atom is 0.243 e. The molecule has 128 valence electrons. The third kappa shape index (κ3) is 3.41. The molecule has 1 heterocycles. The SMILES string of the molecule is Cc1ccc(S(=O)(=O)N2CCN(c3ccc(F)cc3)CC2)cc1Cl. The van der Waals surface area contributed by atoms with Crippen molar-refractivity contribution in [1.29, 1.82) is 0 Å². The fraction of sp³-hybridized carbons (Fsp3) is 0.294. The molecule has 3 rings (SSSR count). The average Bonchev–Trinajstić information content (AvgIpc) is 2.58. The summed E-state index contributed by atoms with van der Waals surface area (Å²) >= 11 is 6.05. The lowest BCUT2D eigenvalue weighted by molar-refractivity contribution is 0.385. The predicted octanol–water partition coefficient (Wildman–Crippen LogP) is 3.30. The standard InChI is InChI=1S/C17H18ClFN2O2S/c1-13-2-7-16(12-17(13)18)24(22,23)21-10-8-20(9-11-21)15-5-3-14(19)4-6-15/h2-7,12H,8-11H2,1H3. The van der Waals surface area contributed by atoms with Crippen LogP contribution >= 0.6 is 11.6 Å². The first-order valence-electron chi connectivity index (χ1n) is 7.65. The van der Waals surface area contributed by atoms with E-state index < -0.39 is 10.0 Å². The third-order valence-corrected chi connectivity index (χ3v) is 6.51. The van der Waals surface area contributed by atoms with Gasteiger partial charge in [0.05, 0.1) is 4.90 Å². The normalized spacial score (nSPS) is 16.4. The highest BCUT2D eigenvalue weighted by atomic mass is 35.5. The lowest BCUT2D eigenvalue weighted by Gasteiger charge is -2.35. The third-order valence-electron chi connectivity index (χ3n) is 4.21. The van der Waals surface area contributed by atoms with Gasteiger partial charge in [0, 0.05) is 36.9 Å². The molecule has 0 spiro atoms. The summed E-state index contributed by atoms with van der Waals surface area (Å²) in [4.78, 5) is 2.27. The Bertz CT molecular complexity index is 832. The Morgan fingerprint density at radius 1 is 1.00 bits per heavy atom. The van der Waals surface area contributed by atoms with Crippen molar-refractivity contribution in [3.63, 3.8) is 0 Å². The van der Waals surface area contributed by atoms with Gasteiger partial charge in [-0.2, -0.15) is 4.31 Å². The first-order valence-corrected chi connectivity index (χ1v) is 9.46. The summed E-state index contributed by atoms with van der Waals surface area (Å²) in [6, 6.07) is 11.0. The number of piperazine rings is 1. The summed E-state index contributed by atoms with van der Waals surface area (Å²) < 4.78 is 39.9. The molecular formula is C17H18ClFN2O2S. The van der Waals surface area contributed by atoms with Crippen LogP contribution in [0.3, 0.4) is 0 Å². The summed E-state index contributed by atoms with van der Waals surface area (Å²) in [5.74, 6) is -0.281. The molecule has 0 amide bonds. The zero-order chi connectivity index (χ0) is 17.3.